The standard InChI is InChI=1S/C20H29N5O2/c1-16(17-5-3-2-4-6-17)7-11-24-12-8-18(9-13-24)25-15-19(22-23-25)20(27)21-10-14-26/h2-6,15-16,18,26H,7-14H2,1H3,(H,21,27)/t16-/m0/s1. The number of rotatable bonds is 8. The van der Waals surface area contributed by atoms with Crippen molar-refractivity contribution < 1.29 is 9.90 Å². The van der Waals surface area contributed by atoms with Gasteiger partial charge in [0.15, 0.2) is 5.69 Å². The molecular weight excluding hydrogens is 342 g/mol. The van der Waals surface area contributed by atoms with Crippen LogP contribution in [0.5, 0.6) is 0 Å². The molecule has 0 saturated carbocycles. The van der Waals surface area contributed by atoms with Crippen LogP contribution in [-0.4, -0.2) is 63.7 Å². The summed E-state index contributed by atoms with van der Waals surface area (Å²) in [5.74, 6) is 0.280. The van der Waals surface area contributed by atoms with Crippen molar-refractivity contribution in [3.05, 3.63) is 47.8 Å². The number of carbonyl (C=O) groups excluding carboxylic acids is 1. The molecule has 2 aromatic rings. The molecule has 2 heterocycles. The molecule has 1 fully saturated rings. The van der Waals surface area contributed by atoms with Gasteiger partial charge in [0.2, 0.25) is 0 Å². The Hall–Kier alpha value is -2.25. The lowest BCUT2D eigenvalue weighted by atomic mass is 9.97. The molecule has 1 saturated heterocycles. The second-order valence-corrected chi connectivity index (χ2v) is 7.24. The monoisotopic (exact) mass is 371 g/mol. The first kappa shape index (κ1) is 19.5. The molecule has 0 unspecified atom stereocenters. The summed E-state index contributed by atoms with van der Waals surface area (Å²) in [4.78, 5) is 14.4. The summed E-state index contributed by atoms with van der Waals surface area (Å²) in [5, 5.41) is 19.5. The minimum atomic E-state index is -0.289. The third-order valence-electron chi connectivity index (χ3n) is 5.32. The van der Waals surface area contributed by atoms with Crippen molar-refractivity contribution in [2.24, 2.45) is 0 Å². The lowest BCUT2D eigenvalue weighted by Gasteiger charge is -2.32. The molecule has 1 aromatic heterocycles. The number of nitrogens with zero attached hydrogens (tertiary/aromatic N) is 4. The van der Waals surface area contributed by atoms with E-state index in [2.05, 4.69) is 57.8 Å². The minimum Gasteiger partial charge on any atom is -0.395 e. The van der Waals surface area contributed by atoms with E-state index in [1.165, 1.54) is 5.56 Å². The summed E-state index contributed by atoms with van der Waals surface area (Å²) in [6.45, 7) is 5.62. The Kier molecular flexibility index (Phi) is 6.95. The van der Waals surface area contributed by atoms with Crippen molar-refractivity contribution in [3.63, 3.8) is 0 Å². The van der Waals surface area contributed by atoms with Crippen molar-refractivity contribution in [1.29, 1.82) is 0 Å². The molecule has 2 N–H and O–H groups in total. The summed E-state index contributed by atoms with van der Waals surface area (Å²) in [7, 11) is 0. The highest BCUT2D eigenvalue weighted by molar-refractivity contribution is 5.91. The predicted octanol–water partition coefficient (Wildman–Crippen LogP) is 1.83. The van der Waals surface area contributed by atoms with Gasteiger partial charge in [-0.2, -0.15) is 0 Å². The van der Waals surface area contributed by atoms with Crippen LogP contribution in [0.4, 0.5) is 0 Å². The molecule has 1 aliphatic rings. The Morgan fingerprint density at radius 3 is 2.74 bits per heavy atom. The van der Waals surface area contributed by atoms with Gasteiger partial charge in [-0.05, 0) is 37.3 Å². The Labute approximate surface area is 160 Å². The Morgan fingerprint density at radius 2 is 2.04 bits per heavy atom. The number of likely N-dealkylation sites (tertiary alicyclic amines) is 1. The van der Waals surface area contributed by atoms with Gasteiger partial charge in [-0.1, -0.05) is 42.5 Å². The summed E-state index contributed by atoms with van der Waals surface area (Å²) >= 11 is 0. The number of aliphatic hydroxyl groups excluding tert-OH is 1. The molecular formula is C20H29N5O2. The third kappa shape index (κ3) is 5.37. The molecule has 1 aromatic carbocycles. The van der Waals surface area contributed by atoms with Gasteiger partial charge in [0.05, 0.1) is 18.8 Å². The molecule has 0 spiro atoms. The molecule has 3 rings (SSSR count). The first-order valence-electron chi connectivity index (χ1n) is 9.75. The first-order valence-corrected chi connectivity index (χ1v) is 9.75. The summed E-state index contributed by atoms with van der Waals surface area (Å²) in [6, 6.07) is 11.0. The molecule has 0 radical (unpaired) electrons. The largest absolute Gasteiger partial charge is 0.395 e. The Morgan fingerprint density at radius 1 is 1.30 bits per heavy atom. The number of hydrogen-bond donors (Lipinski definition) is 2. The number of aromatic nitrogens is 3. The van der Waals surface area contributed by atoms with Crippen LogP contribution in [0.25, 0.3) is 0 Å². The van der Waals surface area contributed by atoms with Crippen LogP contribution in [0.1, 0.15) is 54.2 Å². The second kappa shape index (κ2) is 9.62. The normalized spacial score (nSPS) is 17.0. The maximum Gasteiger partial charge on any atom is 0.273 e. The van der Waals surface area contributed by atoms with Crippen LogP contribution in [-0.2, 0) is 0 Å². The SMILES string of the molecule is C[C@@H](CCN1CCC(n2cc(C(=O)NCCO)nn2)CC1)c1ccccc1. The Balaban J connectivity index is 1.44. The molecule has 0 aliphatic carbocycles. The van der Waals surface area contributed by atoms with Crippen LogP contribution in [0, 0.1) is 0 Å². The van der Waals surface area contributed by atoms with E-state index >= 15 is 0 Å². The number of aliphatic hydroxyl groups is 1. The number of piperidine rings is 1. The fourth-order valence-corrected chi connectivity index (χ4v) is 3.55. The molecule has 27 heavy (non-hydrogen) atoms. The summed E-state index contributed by atoms with van der Waals surface area (Å²) in [6.07, 6.45) is 4.90. The minimum absolute atomic E-state index is 0.0821. The van der Waals surface area contributed by atoms with Gasteiger partial charge in [0, 0.05) is 19.6 Å². The first-order chi connectivity index (χ1) is 13.2. The van der Waals surface area contributed by atoms with Gasteiger partial charge >= 0.3 is 0 Å². The van der Waals surface area contributed by atoms with Crippen LogP contribution >= 0.6 is 0 Å². The highest BCUT2D eigenvalue weighted by Crippen LogP contribution is 2.24. The van der Waals surface area contributed by atoms with Gasteiger partial charge in [0.1, 0.15) is 0 Å². The smallest absolute Gasteiger partial charge is 0.273 e. The maximum absolute atomic E-state index is 11.9. The van der Waals surface area contributed by atoms with Crippen molar-refractivity contribution in [3.8, 4) is 0 Å². The van der Waals surface area contributed by atoms with Crippen molar-refractivity contribution >= 4 is 5.91 Å². The van der Waals surface area contributed by atoms with Crippen molar-refractivity contribution in [2.45, 2.75) is 38.1 Å². The van der Waals surface area contributed by atoms with E-state index in [1.54, 1.807) is 6.20 Å². The molecule has 146 valence electrons. The number of benzene rings is 1. The number of amides is 1. The highest BCUT2D eigenvalue weighted by Gasteiger charge is 2.23. The van der Waals surface area contributed by atoms with E-state index in [-0.39, 0.29) is 19.1 Å². The maximum atomic E-state index is 11.9. The van der Waals surface area contributed by atoms with Crippen LogP contribution in [0.3, 0.4) is 0 Å². The Bertz CT molecular complexity index is 710. The molecule has 7 heteroatoms. The van der Waals surface area contributed by atoms with E-state index in [0.717, 1.165) is 38.9 Å². The van der Waals surface area contributed by atoms with E-state index in [4.69, 9.17) is 5.11 Å². The zero-order chi connectivity index (χ0) is 19.1. The van der Waals surface area contributed by atoms with Crippen LogP contribution in [0.2, 0.25) is 0 Å². The van der Waals surface area contributed by atoms with Gasteiger partial charge < -0.3 is 15.3 Å². The molecule has 0 bridgehead atoms. The lowest BCUT2D eigenvalue weighted by molar-refractivity contribution is 0.0939. The van der Waals surface area contributed by atoms with E-state index in [9.17, 15) is 4.79 Å². The van der Waals surface area contributed by atoms with Crippen molar-refractivity contribution in [1.82, 2.24) is 25.2 Å². The number of nitrogens with one attached hydrogen (secondary N) is 1. The molecule has 1 amide bonds. The van der Waals surface area contributed by atoms with Crippen LogP contribution in [0.15, 0.2) is 36.5 Å². The lowest BCUT2D eigenvalue weighted by Crippen LogP contribution is -2.35. The number of hydrogen-bond acceptors (Lipinski definition) is 5. The second-order valence-electron chi connectivity index (χ2n) is 7.24. The molecule has 7 nitrogen and oxygen atoms in total. The van der Waals surface area contributed by atoms with Gasteiger partial charge in [0.25, 0.3) is 5.91 Å². The van der Waals surface area contributed by atoms with E-state index in [1.807, 2.05) is 4.68 Å². The summed E-state index contributed by atoms with van der Waals surface area (Å²) in [5.41, 5.74) is 1.71. The fraction of sp³-hybridized carbons (Fsp3) is 0.550. The van der Waals surface area contributed by atoms with Crippen LogP contribution < -0.4 is 5.32 Å². The quantitative estimate of drug-likeness (QED) is 0.740. The summed E-state index contributed by atoms with van der Waals surface area (Å²) < 4.78 is 1.82. The average molecular weight is 371 g/mol. The zero-order valence-electron chi connectivity index (χ0n) is 15.9. The fourth-order valence-electron chi connectivity index (χ4n) is 3.55. The molecule has 1 atom stereocenters. The highest BCUT2D eigenvalue weighted by atomic mass is 16.3. The zero-order valence-corrected chi connectivity index (χ0v) is 15.9. The van der Waals surface area contributed by atoms with Crippen molar-refractivity contribution in [2.75, 3.05) is 32.8 Å². The average Bonchev–Trinajstić information content (AvgIpc) is 3.21. The van der Waals surface area contributed by atoms with Gasteiger partial charge in [-0.25, -0.2) is 4.68 Å². The predicted molar refractivity (Wildman–Crippen MR) is 104 cm³/mol. The number of carbonyl (C=O) groups is 1. The van der Waals surface area contributed by atoms with E-state index in [0.29, 0.717) is 17.7 Å². The van der Waals surface area contributed by atoms with E-state index < -0.39 is 0 Å². The van der Waals surface area contributed by atoms with Gasteiger partial charge in [-0.15, -0.1) is 5.10 Å². The third-order valence-corrected chi connectivity index (χ3v) is 5.32. The topological polar surface area (TPSA) is 83.3 Å². The molecule has 1 aliphatic heterocycles. The van der Waals surface area contributed by atoms with Gasteiger partial charge in [-0.3, -0.25) is 4.79 Å².